The molecule has 0 bridgehead atoms. The fourth-order valence-corrected chi connectivity index (χ4v) is 4.41. The van der Waals surface area contributed by atoms with Crippen LogP contribution in [0.15, 0.2) is 27.2 Å². The van der Waals surface area contributed by atoms with E-state index in [9.17, 15) is 13.2 Å². The Balaban J connectivity index is 2.09. The minimum atomic E-state index is -3.79. The van der Waals surface area contributed by atoms with Gasteiger partial charge in [0.05, 0.1) is 12.8 Å². The molecule has 0 saturated heterocycles. The van der Waals surface area contributed by atoms with Crippen LogP contribution >= 0.6 is 11.3 Å². The lowest BCUT2D eigenvalue weighted by Gasteiger charge is -2.16. The molecular weight excluding hydrogens is 352 g/mol. The average Bonchev–Trinajstić information content (AvgIpc) is 3.22. The molecule has 2 aromatic rings. The number of sulfonamides is 1. The molecule has 8 nitrogen and oxygen atoms in total. The first-order chi connectivity index (χ1) is 11.5. The largest absolute Gasteiger partial charge is 0.468 e. The molecule has 24 heavy (non-hydrogen) atoms. The normalized spacial score (nSPS) is 11.8. The maximum absolute atomic E-state index is 12.6. The van der Waals surface area contributed by atoms with Crippen molar-refractivity contribution in [2.24, 2.45) is 0 Å². The van der Waals surface area contributed by atoms with E-state index in [1.54, 1.807) is 19.1 Å². The van der Waals surface area contributed by atoms with Crippen molar-refractivity contribution in [1.82, 2.24) is 14.5 Å². The van der Waals surface area contributed by atoms with Gasteiger partial charge in [-0.05, 0) is 18.6 Å². The molecule has 0 fully saturated rings. The number of carbonyl (C=O) groups excluding carboxylic acids is 1. The van der Waals surface area contributed by atoms with Gasteiger partial charge in [0.15, 0.2) is 0 Å². The summed E-state index contributed by atoms with van der Waals surface area (Å²) in [7, 11) is -3.79. The Hall–Kier alpha value is -1.78. The zero-order valence-electron chi connectivity index (χ0n) is 13.6. The predicted octanol–water partition coefficient (Wildman–Crippen LogP) is 2.47. The summed E-state index contributed by atoms with van der Waals surface area (Å²) < 4.78 is 31.6. The molecule has 0 atom stereocenters. The number of nitrogens with zero attached hydrogens (tertiary/aromatic N) is 3. The highest BCUT2D eigenvalue weighted by atomic mass is 32.2. The Labute approximate surface area is 144 Å². The summed E-state index contributed by atoms with van der Waals surface area (Å²) in [4.78, 5) is 11.7. The summed E-state index contributed by atoms with van der Waals surface area (Å²) in [5, 5.41) is 10.2. The molecule has 0 unspecified atom stereocenters. The maximum Gasteiger partial charge on any atom is 0.272 e. The predicted molar refractivity (Wildman–Crippen MR) is 90.0 cm³/mol. The number of aromatic nitrogens is 2. The number of amides is 1. The lowest BCUT2D eigenvalue weighted by atomic mass is 10.2. The van der Waals surface area contributed by atoms with Gasteiger partial charge in [-0.25, -0.2) is 8.42 Å². The van der Waals surface area contributed by atoms with Crippen molar-refractivity contribution >= 4 is 32.4 Å². The summed E-state index contributed by atoms with van der Waals surface area (Å²) in [5.41, 5.74) is 0. The molecule has 2 rings (SSSR count). The number of carbonyl (C=O) groups is 1. The molecule has 0 aliphatic carbocycles. The zero-order valence-corrected chi connectivity index (χ0v) is 15.2. The van der Waals surface area contributed by atoms with Crippen molar-refractivity contribution in [2.45, 2.75) is 44.0 Å². The number of rotatable bonds is 9. The molecule has 1 N–H and O–H groups in total. The molecule has 0 spiro atoms. The Morgan fingerprint density at radius 2 is 2.17 bits per heavy atom. The van der Waals surface area contributed by atoms with Crippen LogP contribution in [0.25, 0.3) is 0 Å². The topological polar surface area (TPSA) is 105 Å². The first kappa shape index (κ1) is 18.6. The van der Waals surface area contributed by atoms with Gasteiger partial charge < -0.3 is 9.73 Å². The number of unbranched alkanes of at least 4 members (excludes halogenated alkanes) is 1. The zero-order chi connectivity index (χ0) is 17.6. The SMILES string of the molecule is CCCCC(=O)Nc1nnc(S(=O)(=O)N(CC)Cc2ccco2)s1. The van der Waals surface area contributed by atoms with Gasteiger partial charge in [-0.1, -0.05) is 31.6 Å². The highest BCUT2D eigenvalue weighted by Gasteiger charge is 2.28. The van der Waals surface area contributed by atoms with Crippen molar-refractivity contribution < 1.29 is 17.6 Å². The number of nitrogens with one attached hydrogen (secondary N) is 1. The quantitative estimate of drug-likeness (QED) is 0.678. The van der Waals surface area contributed by atoms with Crippen LogP contribution in [0.3, 0.4) is 0 Å². The number of furan rings is 1. The molecule has 0 saturated carbocycles. The summed E-state index contributed by atoms with van der Waals surface area (Å²) in [5.74, 6) is 0.345. The average molecular weight is 372 g/mol. The highest BCUT2D eigenvalue weighted by Crippen LogP contribution is 2.24. The van der Waals surface area contributed by atoms with Crippen molar-refractivity contribution in [2.75, 3.05) is 11.9 Å². The van der Waals surface area contributed by atoms with E-state index < -0.39 is 10.0 Å². The molecule has 132 valence electrons. The Morgan fingerprint density at radius 3 is 2.79 bits per heavy atom. The third-order valence-corrected chi connectivity index (χ3v) is 6.34. The lowest BCUT2D eigenvalue weighted by Crippen LogP contribution is -2.30. The van der Waals surface area contributed by atoms with Crippen LogP contribution in [0.4, 0.5) is 5.13 Å². The van der Waals surface area contributed by atoms with Crippen molar-refractivity contribution in [3.63, 3.8) is 0 Å². The van der Waals surface area contributed by atoms with E-state index >= 15 is 0 Å². The number of hydrogen-bond acceptors (Lipinski definition) is 7. The first-order valence-electron chi connectivity index (χ1n) is 7.63. The van der Waals surface area contributed by atoms with Crippen LogP contribution in [0, 0.1) is 0 Å². The van der Waals surface area contributed by atoms with Gasteiger partial charge in [-0.2, -0.15) is 4.31 Å². The Morgan fingerprint density at radius 1 is 1.38 bits per heavy atom. The van der Waals surface area contributed by atoms with E-state index in [2.05, 4.69) is 15.5 Å². The second-order valence-corrected chi connectivity index (χ2v) is 8.12. The van der Waals surface area contributed by atoms with Gasteiger partial charge in [0, 0.05) is 13.0 Å². The minimum absolute atomic E-state index is 0.115. The lowest BCUT2D eigenvalue weighted by molar-refractivity contribution is -0.116. The van der Waals surface area contributed by atoms with Crippen molar-refractivity contribution in [1.29, 1.82) is 0 Å². The Bertz CT molecular complexity index is 756. The fraction of sp³-hybridized carbons (Fsp3) is 0.500. The van der Waals surface area contributed by atoms with E-state index in [0.717, 1.165) is 24.2 Å². The molecule has 0 radical (unpaired) electrons. The van der Waals surface area contributed by atoms with Crippen molar-refractivity contribution in [3.05, 3.63) is 24.2 Å². The van der Waals surface area contributed by atoms with E-state index in [1.165, 1.54) is 10.6 Å². The minimum Gasteiger partial charge on any atom is -0.468 e. The van der Waals surface area contributed by atoms with Gasteiger partial charge >= 0.3 is 0 Å². The van der Waals surface area contributed by atoms with Gasteiger partial charge in [0.1, 0.15) is 5.76 Å². The molecule has 1 amide bonds. The molecule has 0 aliphatic heterocycles. The van der Waals surface area contributed by atoms with Crippen LogP contribution in [-0.4, -0.2) is 35.4 Å². The molecular formula is C14H20N4O4S2. The molecule has 10 heteroatoms. The van der Waals surface area contributed by atoms with Crippen molar-refractivity contribution in [3.8, 4) is 0 Å². The highest BCUT2D eigenvalue weighted by molar-refractivity contribution is 7.91. The van der Waals surface area contributed by atoms with Gasteiger partial charge in [-0.15, -0.1) is 10.2 Å². The molecule has 2 heterocycles. The number of hydrogen-bond donors (Lipinski definition) is 1. The first-order valence-corrected chi connectivity index (χ1v) is 9.89. The van der Waals surface area contributed by atoms with Crippen LogP contribution < -0.4 is 5.32 Å². The molecule has 0 aliphatic rings. The van der Waals surface area contributed by atoms with E-state index in [0.29, 0.717) is 12.2 Å². The summed E-state index contributed by atoms with van der Waals surface area (Å²) in [6.45, 7) is 4.10. The van der Waals surface area contributed by atoms with Crippen LogP contribution in [0.5, 0.6) is 0 Å². The maximum atomic E-state index is 12.6. The number of anilines is 1. The summed E-state index contributed by atoms with van der Waals surface area (Å²) >= 11 is 0.844. The Kier molecular flexibility index (Phi) is 6.46. The fourth-order valence-electron chi connectivity index (χ4n) is 1.94. The second-order valence-electron chi connectivity index (χ2n) is 5.04. The summed E-state index contributed by atoms with van der Waals surface area (Å²) in [6.07, 6.45) is 3.53. The third-order valence-electron chi connectivity index (χ3n) is 3.24. The molecule has 0 aromatic carbocycles. The van der Waals surface area contributed by atoms with E-state index in [1.807, 2.05) is 6.92 Å². The standard InChI is InChI=1S/C14H20N4O4S2/c1-3-5-8-12(19)15-13-16-17-14(23-13)24(20,21)18(4-2)10-11-7-6-9-22-11/h6-7,9H,3-5,8,10H2,1-2H3,(H,15,16,19). The smallest absolute Gasteiger partial charge is 0.272 e. The van der Waals surface area contributed by atoms with Gasteiger partial charge in [0.25, 0.3) is 10.0 Å². The van der Waals surface area contributed by atoms with E-state index in [-0.39, 0.29) is 28.5 Å². The molecule has 2 aromatic heterocycles. The van der Waals surface area contributed by atoms with Gasteiger partial charge in [0.2, 0.25) is 15.4 Å². The van der Waals surface area contributed by atoms with Gasteiger partial charge in [-0.3, -0.25) is 4.79 Å². The van der Waals surface area contributed by atoms with Crippen LogP contribution in [0.1, 0.15) is 38.9 Å². The van der Waals surface area contributed by atoms with Crippen LogP contribution in [-0.2, 0) is 21.4 Å². The van der Waals surface area contributed by atoms with E-state index in [4.69, 9.17) is 4.42 Å². The monoisotopic (exact) mass is 372 g/mol. The second kappa shape index (κ2) is 8.36. The van der Waals surface area contributed by atoms with Crippen LogP contribution in [0.2, 0.25) is 0 Å². The summed E-state index contributed by atoms with van der Waals surface area (Å²) in [6, 6.07) is 3.41. The third kappa shape index (κ3) is 4.62.